The van der Waals surface area contributed by atoms with Gasteiger partial charge < -0.3 is 15.7 Å². The maximum absolute atomic E-state index is 7.95. The third kappa shape index (κ3) is 4.63. The molecule has 2 aromatic heterocycles. The fourth-order valence-corrected chi connectivity index (χ4v) is 7.81. The number of benzene rings is 7. The highest BCUT2D eigenvalue weighted by Gasteiger charge is 2.15. The number of aromatic nitrogens is 1. The number of thiophene rings is 1. The predicted molar refractivity (Wildman–Crippen MR) is 200 cm³/mol. The quantitative estimate of drug-likeness (QED) is 0.152. The Hall–Kier alpha value is -5.71. The van der Waals surface area contributed by atoms with Crippen molar-refractivity contribution in [3.05, 3.63) is 163 Å². The highest BCUT2D eigenvalue weighted by molar-refractivity contribution is 7.26. The Kier molecular flexibility index (Phi) is 6.85. The van der Waals surface area contributed by atoms with Crippen LogP contribution in [-0.2, 0) is 7.05 Å². The van der Waals surface area contributed by atoms with Crippen LogP contribution in [0.15, 0.2) is 152 Å². The Labute approximate surface area is 270 Å². The minimum Gasteiger partial charge on any atom is -0.398 e. The van der Waals surface area contributed by atoms with Gasteiger partial charge in [-0.1, -0.05) is 127 Å². The van der Waals surface area contributed by atoms with Gasteiger partial charge in [0.05, 0.1) is 11.2 Å². The highest BCUT2D eigenvalue weighted by Crippen LogP contribution is 2.43. The Morgan fingerprint density at radius 3 is 1.93 bits per heavy atom. The van der Waals surface area contributed by atoms with Crippen LogP contribution in [0.4, 0.5) is 0 Å². The molecule has 0 bridgehead atoms. The van der Waals surface area contributed by atoms with Gasteiger partial charge in [-0.25, -0.2) is 0 Å². The summed E-state index contributed by atoms with van der Waals surface area (Å²) in [5.74, 6) is 0. The third-order valence-electron chi connectivity index (χ3n) is 8.87. The van der Waals surface area contributed by atoms with Crippen molar-refractivity contribution in [2.75, 3.05) is 0 Å². The molecule has 0 saturated carbocycles. The summed E-state index contributed by atoms with van der Waals surface area (Å²) in [6.45, 7) is 0. The van der Waals surface area contributed by atoms with Gasteiger partial charge in [0.15, 0.2) is 0 Å². The number of para-hydroxylation sites is 1. The van der Waals surface area contributed by atoms with Crippen molar-refractivity contribution in [3.63, 3.8) is 0 Å². The van der Waals surface area contributed by atoms with Gasteiger partial charge in [-0.2, -0.15) is 0 Å². The zero-order valence-electron chi connectivity index (χ0n) is 25.4. The number of allylic oxidation sites excluding steroid dienone is 1. The molecule has 220 valence electrons. The second kappa shape index (κ2) is 11.3. The molecule has 3 N–H and O–H groups in total. The third-order valence-corrected chi connectivity index (χ3v) is 10.0. The largest absolute Gasteiger partial charge is 0.398 e. The molecule has 9 rings (SSSR count). The molecular weight excluding hydrogens is 579 g/mol. The number of fused-ring (bicyclic) bond motifs is 11. The summed E-state index contributed by atoms with van der Waals surface area (Å²) in [7, 11) is 2.19. The minimum absolute atomic E-state index is 0.423. The first-order valence-electron chi connectivity index (χ1n) is 15.4. The monoisotopic (exact) mass is 609 g/mol. The van der Waals surface area contributed by atoms with Gasteiger partial charge in [0, 0.05) is 54.6 Å². The van der Waals surface area contributed by atoms with Crippen molar-refractivity contribution in [1.29, 1.82) is 5.41 Å². The maximum atomic E-state index is 7.95. The van der Waals surface area contributed by atoms with Gasteiger partial charge in [-0.15, -0.1) is 11.3 Å². The number of nitrogens with zero attached hydrogens (tertiary/aromatic N) is 1. The van der Waals surface area contributed by atoms with E-state index in [4.69, 9.17) is 11.1 Å². The molecule has 0 aliphatic carbocycles. The van der Waals surface area contributed by atoms with Crippen LogP contribution in [0, 0.1) is 5.41 Å². The lowest BCUT2D eigenvalue weighted by molar-refractivity contribution is 1.02. The molecule has 2 heterocycles. The summed E-state index contributed by atoms with van der Waals surface area (Å²) in [6.07, 6.45) is 1.69. The van der Waals surface area contributed by atoms with Crippen LogP contribution in [-0.4, -0.2) is 10.3 Å². The van der Waals surface area contributed by atoms with E-state index in [-0.39, 0.29) is 0 Å². The molecule has 7 aromatic carbocycles. The average Bonchev–Trinajstić information content (AvgIpc) is 3.64. The van der Waals surface area contributed by atoms with Crippen LogP contribution >= 0.6 is 11.3 Å². The summed E-state index contributed by atoms with van der Waals surface area (Å²) < 4.78 is 5.08. The fourth-order valence-electron chi connectivity index (χ4n) is 6.69. The Morgan fingerprint density at radius 2 is 1.15 bits per heavy atom. The summed E-state index contributed by atoms with van der Waals surface area (Å²) in [6, 6.07) is 50.5. The molecule has 0 atom stereocenters. The van der Waals surface area contributed by atoms with Crippen LogP contribution in [0.1, 0.15) is 11.1 Å². The molecule has 0 fully saturated rings. The zero-order valence-corrected chi connectivity index (χ0v) is 26.2. The van der Waals surface area contributed by atoms with Crippen molar-refractivity contribution in [1.82, 2.24) is 4.57 Å². The number of rotatable bonds is 3. The van der Waals surface area contributed by atoms with Crippen LogP contribution < -0.4 is 5.73 Å². The second-order valence-electron chi connectivity index (χ2n) is 11.6. The van der Waals surface area contributed by atoms with Crippen LogP contribution in [0.5, 0.6) is 0 Å². The lowest BCUT2D eigenvalue weighted by atomic mass is 9.96. The number of nitrogens with two attached hydrogens (primary N) is 1. The van der Waals surface area contributed by atoms with E-state index >= 15 is 0 Å². The molecule has 0 radical (unpaired) electrons. The topological polar surface area (TPSA) is 54.8 Å². The number of hydrogen-bond acceptors (Lipinski definition) is 3. The number of aryl methyl sites for hydroxylation is 1. The Morgan fingerprint density at radius 1 is 0.565 bits per heavy atom. The van der Waals surface area contributed by atoms with Crippen molar-refractivity contribution < 1.29 is 0 Å². The van der Waals surface area contributed by atoms with Gasteiger partial charge in [0.2, 0.25) is 0 Å². The van der Waals surface area contributed by atoms with E-state index in [1.165, 1.54) is 63.5 Å². The summed E-state index contributed by atoms with van der Waals surface area (Å²) in [5, 5.41) is 18.7. The molecule has 0 spiro atoms. The Bertz CT molecular complexity index is 2610. The lowest BCUT2D eigenvalue weighted by Crippen LogP contribution is -2.02. The lowest BCUT2D eigenvalue weighted by Gasteiger charge is -2.09. The second-order valence-corrected chi connectivity index (χ2v) is 12.7. The zero-order chi connectivity index (χ0) is 31.2. The van der Waals surface area contributed by atoms with E-state index in [0.29, 0.717) is 11.4 Å². The van der Waals surface area contributed by atoms with Gasteiger partial charge in [-0.3, -0.25) is 0 Å². The van der Waals surface area contributed by atoms with E-state index in [1.807, 2.05) is 72.0 Å². The van der Waals surface area contributed by atoms with Gasteiger partial charge >= 0.3 is 0 Å². The van der Waals surface area contributed by atoms with E-state index in [9.17, 15) is 0 Å². The normalized spacial score (nSPS) is 11.9. The molecular formula is C42H31N3S. The first-order valence-corrected chi connectivity index (χ1v) is 16.2. The first-order chi connectivity index (χ1) is 22.6. The van der Waals surface area contributed by atoms with Crippen molar-refractivity contribution in [2.45, 2.75) is 0 Å². The molecule has 0 aliphatic rings. The van der Waals surface area contributed by atoms with Crippen LogP contribution in [0.3, 0.4) is 0 Å². The highest BCUT2D eigenvalue weighted by atomic mass is 32.1. The summed E-state index contributed by atoms with van der Waals surface area (Å²) >= 11 is 1.89. The predicted octanol–water partition coefficient (Wildman–Crippen LogP) is 11.1. The molecule has 0 saturated heterocycles. The van der Waals surface area contributed by atoms with Gasteiger partial charge in [-0.05, 0) is 51.6 Å². The van der Waals surface area contributed by atoms with Crippen molar-refractivity contribution in [3.8, 4) is 0 Å². The molecule has 3 nitrogen and oxygen atoms in total. The van der Waals surface area contributed by atoms with Crippen molar-refractivity contribution in [2.24, 2.45) is 12.8 Å². The summed E-state index contributed by atoms with van der Waals surface area (Å²) in [4.78, 5) is 0. The van der Waals surface area contributed by atoms with Crippen LogP contribution in [0.2, 0.25) is 0 Å². The maximum Gasteiger partial charge on any atom is 0.0632 e. The number of nitrogens with one attached hydrogen (secondary N) is 1. The fraction of sp³-hybridized carbons (Fsp3) is 0.0238. The van der Waals surface area contributed by atoms with Crippen molar-refractivity contribution >= 4 is 86.3 Å². The minimum atomic E-state index is 0.423. The van der Waals surface area contributed by atoms with E-state index in [0.717, 1.165) is 11.1 Å². The molecule has 0 amide bonds. The molecule has 0 aliphatic heterocycles. The first kappa shape index (κ1) is 27.8. The Balaban J connectivity index is 0.000000158. The molecule has 9 aromatic rings. The average molecular weight is 610 g/mol. The van der Waals surface area contributed by atoms with E-state index in [1.54, 1.807) is 6.08 Å². The standard InChI is InChI=1S/C27H17NS.C15H14N2/c1-28-22-8-4-2-6-17(22)19-14-13-18-20(27(19)28)12-10-16-11-15-24-26(25(16)18)21-7-3-5-9-23(21)29-24;16-14(12-7-3-1-4-8-12)11-15(17)13-9-5-2-6-10-13/h2-15H,1H3;1-11,16H,17H2/b;15-11-,16-14?. The smallest absolute Gasteiger partial charge is 0.0632 e. The van der Waals surface area contributed by atoms with Gasteiger partial charge in [0.1, 0.15) is 0 Å². The number of hydrogen-bond donors (Lipinski definition) is 2. The molecule has 0 unspecified atom stereocenters. The van der Waals surface area contributed by atoms with E-state index < -0.39 is 0 Å². The molecule has 46 heavy (non-hydrogen) atoms. The SMILES string of the molecule is Cn1c2ccccc2c2ccc3c(ccc4ccc5sc6ccccc6c5c43)c21.N=C(/C=C(\N)c1ccccc1)c1ccccc1. The van der Waals surface area contributed by atoms with E-state index in [2.05, 4.69) is 96.5 Å². The summed E-state index contributed by atoms with van der Waals surface area (Å²) in [5.41, 5.74) is 11.4. The molecule has 4 heteroatoms. The van der Waals surface area contributed by atoms with Gasteiger partial charge in [0.25, 0.3) is 0 Å². The van der Waals surface area contributed by atoms with Crippen LogP contribution in [0.25, 0.3) is 69.2 Å².